The highest BCUT2D eigenvalue weighted by Gasteiger charge is 2.18. The molecule has 0 fully saturated rings. The molecule has 0 aliphatic rings. The number of aromatic nitrogens is 2. The smallest absolute Gasteiger partial charge is 0.282 e. The van der Waals surface area contributed by atoms with Gasteiger partial charge in [-0.2, -0.15) is 9.78 Å². The summed E-state index contributed by atoms with van der Waals surface area (Å²) in [5.74, 6) is 0.866. The summed E-state index contributed by atoms with van der Waals surface area (Å²) in [6, 6.07) is 13.0. The van der Waals surface area contributed by atoms with Crippen LogP contribution in [0.3, 0.4) is 0 Å². The molecule has 180 valence electrons. The van der Waals surface area contributed by atoms with E-state index in [9.17, 15) is 9.18 Å². The predicted molar refractivity (Wildman–Crippen MR) is 142 cm³/mol. The molecule has 0 bridgehead atoms. The van der Waals surface area contributed by atoms with E-state index in [0.29, 0.717) is 44.9 Å². The van der Waals surface area contributed by atoms with Crippen LogP contribution in [0, 0.1) is 12.7 Å². The van der Waals surface area contributed by atoms with Crippen LogP contribution in [0.4, 0.5) is 4.39 Å². The van der Waals surface area contributed by atoms with E-state index in [2.05, 4.69) is 41.9 Å². The predicted octanol–water partition coefficient (Wildman–Crippen LogP) is 6.88. The zero-order chi connectivity index (χ0) is 25.1. The number of benzene rings is 3. The first-order valence-corrected chi connectivity index (χ1v) is 12.5. The lowest BCUT2D eigenvalue weighted by atomic mass is 10.2. The van der Waals surface area contributed by atoms with Gasteiger partial charge < -0.3 is 9.47 Å². The van der Waals surface area contributed by atoms with Crippen LogP contribution < -0.4 is 15.0 Å². The monoisotopic (exact) mass is 621 g/mol. The Morgan fingerprint density at radius 1 is 1.14 bits per heavy atom. The van der Waals surface area contributed by atoms with Crippen LogP contribution in [0.15, 0.2) is 67.4 Å². The van der Waals surface area contributed by atoms with Crippen molar-refractivity contribution in [1.29, 1.82) is 0 Å². The second kappa shape index (κ2) is 10.9. The quantitative estimate of drug-likeness (QED) is 0.211. The molecule has 0 atom stereocenters. The number of hydrogen-bond acceptors (Lipinski definition) is 5. The summed E-state index contributed by atoms with van der Waals surface area (Å²) >= 11 is 13.5. The van der Waals surface area contributed by atoms with Crippen LogP contribution in [-0.4, -0.2) is 22.5 Å². The summed E-state index contributed by atoms with van der Waals surface area (Å²) in [4.78, 5) is 17.5. The minimum absolute atomic E-state index is 0.173. The van der Waals surface area contributed by atoms with Crippen molar-refractivity contribution in [1.82, 2.24) is 9.66 Å². The SMILES string of the molecule is CCOc1cc(C=Nn2c(C)nc3ccc(Br)cc3c2=O)c(Br)c(Cl)c1OCc1ccc(F)cc1. The van der Waals surface area contributed by atoms with E-state index in [-0.39, 0.29) is 23.0 Å². The molecule has 0 spiro atoms. The summed E-state index contributed by atoms with van der Waals surface area (Å²) in [7, 11) is 0. The number of halogens is 4. The summed E-state index contributed by atoms with van der Waals surface area (Å²) in [6.07, 6.45) is 1.50. The van der Waals surface area contributed by atoms with Crippen LogP contribution in [-0.2, 0) is 6.61 Å². The van der Waals surface area contributed by atoms with Crippen molar-refractivity contribution in [2.45, 2.75) is 20.5 Å². The molecule has 0 saturated carbocycles. The Bertz CT molecular complexity index is 1490. The molecule has 4 rings (SSSR count). The maximum atomic E-state index is 13.2. The Morgan fingerprint density at radius 2 is 1.89 bits per heavy atom. The normalized spacial score (nSPS) is 11.4. The van der Waals surface area contributed by atoms with Crippen LogP contribution in [0.1, 0.15) is 23.9 Å². The number of ether oxygens (including phenoxy) is 2. The fraction of sp³-hybridized carbons (Fsp3) is 0.160. The van der Waals surface area contributed by atoms with Gasteiger partial charge in [0.1, 0.15) is 23.3 Å². The van der Waals surface area contributed by atoms with Gasteiger partial charge in [0.05, 0.1) is 23.7 Å². The number of aryl methyl sites for hydroxylation is 1. The average Bonchev–Trinajstić information content (AvgIpc) is 2.83. The fourth-order valence-corrected chi connectivity index (χ4v) is 4.36. The Kier molecular flexibility index (Phi) is 7.88. The molecule has 0 N–H and O–H groups in total. The summed E-state index contributed by atoms with van der Waals surface area (Å²) in [5.41, 5.74) is 1.65. The molecule has 0 unspecified atom stereocenters. The Labute approximate surface area is 222 Å². The first-order valence-electron chi connectivity index (χ1n) is 10.5. The van der Waals surface area contributed by atoms with Crippen LogP contribution in [0.2, 0.25) is 5.02 Å². The lowest BCUT2D eigenvalue weighted by Crippen LogP contribution is -2.20. The molecule has 4 aromatic rings. The molecule has 3 aromatic carbocycles. The molecule has 0 saturated heterocycles. The molecule has 10 heteroatoms. The standard InChI is InChI=1S/C25H19Br2ClFN3O3/c1-3-34-21-10-16(22(27)23(28)24(21)35-13-15-4-7-18(29)8-5-15)12-30-32-14(2)31-20-9-6-17(26)11-19(20)25(32)33/h4-12H,3,13H2,1-2H3. The van der Waals surface area contributed by atoms with E-state index >= 15 is 0 Å². The highest BCUT2D eigenvalue weighted by atomic mass is 79.9. The van der Waals surface area contributed by atoms with Crippen LogP contribution in [0.5, 0.6) is 11.5 Å². The zero-order valence-electron chi connectivity index (χ0n) is 18.7. The molecule has 0 aliphatic heterocycles. The third-order valence-corrected chi connectivity index (χ3v) is 6.97. The van der Waals surface area contributed by atoms with E-state index in [1.54, 1.807) is 37.3 Å². The van der Waals surface area contributed by atoms with Gasteiger partial charge in [-0.1, -0.05) is 39.7 Å². The second-order valence-corrected chi connectivity index (χ2v) is 9.54. The molecule has 6 nitrogen and oxygen atoms in total. The molecule has 0 aliphatic carbocycles. The molecular formula is C25H19Br2ClFN3O3. The van der Waals surface area contributed by atoms with Crippen molar-refractivity contribution < 1.29 is 13.9 Å². The first-order chi connectivity index (χ1) is 16.8. The highest BCUT2D eigenvalue weighted by molar-refractivity contribution is 9.10. The molecule has 0 radical (unpaired) electrons. The van der Waals surface area contributed by atoms with Crippen LogP contribution in [0.25, 0.3) is 10.9 Å². The van der Waals surface area contributed by atoms with Gasteiger partial charge in [0, 0.05) is 14.5 Å². The van der Waals surface area contributed by atoms with Crippen molar-refractivity contribution >= 4 is 60.6 Å². The van der Waals surface area contributed by atoms with Crippen molar-refractivity contribution in [3.63, 3.8) is 0 Å². The molecule has 0 amide bonds. The Morgan fingerprint density at radius 3 is 2.60 bits per heavy atom. The van der Waals surface area contributed by atoms with E-state index in [4.69, 9.17) is 21.1 Å². The van der Waals surface area contributed by atoms with Gasteiger partial charge in [0.2, 0.25) is 0 Å². The van der Waals surface area contributed by atoms with Crippen molar-refractivity contribution in [3.8, 4) is 11.5 Å². The van der Waals surface area contributed by atoms with Crippen molar-refractivity contribution in [2.75, 3.05) is 6.61 Å². The van der Waals surface area contributed by atoms with Crippen molar-refractivity contribution in [2.24, 2.45) is 5.10 Å². The first kappa shape index (κ1) is 25.3. The molecular weight excluding hydrogens is 605 g/mol. The summed E-state index contributed by atoms with van der Waals surface area (Å²) in [5, 5.41) is 5.10. The number of nitrogens with zero attached hydrogens (tertiary/aromatic N) is 3. The van der Waals surface area contributed by atoms with Crippen molar-refractivity contribution in [3.05, 3.63) is 95.6 Å². The molecule has 1 heterocycles. The van der Waals surface area contributed by atoms with Gasteiger partial charge >= 0.3 is 0 Å². The second-order valence-electron chi connectivity index (χ2n) is 7.45. The summed E-state index contributed by atoms with van der Waals surface area (Å²) in [6.45, 7) is 4.10. The minimum atomic E-state index is -0.322. The largest absolute Gasteiger partial charge is 0.490 e. The number of hydrogen-bond donors (Lipinski definition) is 0. The molecule has 1 aromatic heterocycles. The van der Waals surface area contributed by atoms with E-state index in [1.165, 1.54) is 23.0 Å². The van der Waals surface area contributed by atoms with Gasteiger partial charge in [0.25, 0.3) is 5.56 Å². The van der Waals surface area contributed by atoms with Gasteiger partial charge in [-0.05, 0) is 71.7 Å². The zero-order valence-corrected chi connectivity index (χ0v) is 22.6. The topological polar surface area (TPSA) is 65.7 Å². The third-order valence-electron chi connectivity index (χ3n) is 5.03. The Hall–Kier alpha value is -2.75. The van der Waals surface area contributed by atoms with Gasteiger partial charge in [0.15, 0.2) is 11.5 Å². The maximum Gasteiger partial charge on any atom is 0.282 e. The summed E-state index contributed by atoms with van der Waals surface area (Å²) < 4.78 is 27.4. The number of rotatable bonds is 7. The average molecular weight is 624 g/mol. The lowest BCUT2D eigenvalue weighted by molar-refractivity contribution is 0.269. The molecule has 35 heavy (non-hydrogen) atoms. The fourth-order valence-electron chi connectivity index (χ4n) is 3.35. The van der Waals surface area contributed by atoms with E-state index in [1.807, 2.05) is 13.0 Å². The van der Waals surface area contributed by atoms with Gasteiger partial charge in [-0.25, -0.2) is 9.37 Å². The van der Waals surface area contributed by atoms with Gasteiger partial charge in [-0.3, -0.25) is 4.79 Å². The third kappa shape index (κ3) is 5.58. The van der Waals surface area contributed by atoms with E-state index < -0.39 is 0 Å². The minimum Gasteiger partial charge on any atom is -0.490 e. The van der Waals surface area contributed by atoms with Gasteiger partial charge in [-0.15, -0.1) is 0 Å². The lowest BCUT2D eigenvalue weighted by Gasteiger charge is -2.16. The highest BCUT2D eigenvalue weighted by Crippen LogP contribution is 2.42. The van der Waals surface area contributed by atoms with E-state index in [0.717, 1.165) is 10.0 Å². The van der Waals surface area contributed by atoms with Crippen LogP contribution >= 0.6 is 43.5 Å². The maximum absolute atomic E-state index is 13.2. The number of fused-ring (bicyclic) bond motifs is 1. The Balaban J connectivity index is 1.70.